The summed E-state index contributed by atoms with van der Waals surface area (Å²) in [5, 5.41) is 8.19. The molecule has 0 amide bonds. The lowest BCUT2D eigenvalue weighted by Crippen LogP contribution is -2.12. The molecule has 1 N–H and O–H groups in total. The van der Waals surface area contributed by atoms with E-state index in [1.54, 1.807) is 6.33 Å². The monoisotopic (exact) mass is 328 g/mol. The van der Waals surface area contributed by atoms with E-state index in [0.29, 0.717) is 17.6 Å². The molecule has 0 fully saturated rings. The first-order valence-corrected chi connectivity index (χ1v) is 6.82. The highest BCUT2D eigenvalue weighted by molar-refractivity contribution is 9.10. The van der Waals surface area contributed by atoms with E-state index in [2.05, 4.69) is 45.2 Å². The number of nitrogens with zero attached hydrogens (tertiary/aromatic N) is 3. The maximum atomic E-state index is 5.95. The summed E-state index contributed by atoms with van der Waals surface area (Å²) in [5.41, 5.74) is 0.990. The van der Waals surface area contributed by atoms with Crippen LogP contribution in [0.4, 0.5) is 5.69 Å². The second kappa shape index (κ2) is 5.71. The summed E-state index contributed by atoms with van der Waals surface area (Å²) in [4.78, 5) is 4.24. The molecule has 0 aliphatic rings. The van der Waals surface area contributed by atoms with Crippen molar-refractivity contribution in [2.75, 3.05) is 5.32 Å². The Hall–Kier alpha value is -1.07. The van der Waals surface area contributed by atoms with Crippen molar-refractivity contribution in [3.63, 3.8) is 0 Å². The zero-order valence-corrected chi connectivity index (χ0v) is 12.5. The Kier molecular flexibility index (Phi) is 4.24. The first-order chi connectivity index (χ1) is 8.58. The van der Waals surface area contributed by atoms with Gasteiger partial charge in [0.1, 0.15) is 12.2 Å². The molecule has 0 aliphatic heterocycles. The molecular weight excluding hydrogens is 316 g/mol. The highest BCUT2D eigenvalue weighted by atomic mass is 79.9. The molecule has 96 valence electrons. The molecular formula is C12H14BrClN4. The Balaban J connectivity index is 2.07. The van der Waals surface area contributed by atoms with Crippen molar-refractivity contribution in [3.8, 4) is 0 Å². The molecule has 2 rings (SSSR count). The van der Waals surface area contributed by atoms with E-state index < -0.39 is 0 Å². The number of nitrogens with one attached hydrogen (secondary N) is 1. The smallest absolute Gasteiger partial charge is 0.146 e. The predicted octanol–water partition coefficient (Wildman–Crippen LogP) is 3.89. The van der Waals surface area contributed by atoms with Crippen LogP contribution in [0.5, 0.6) is 0 Å². The summed E-state index contributed by atoms with van der Waals surface area (Å²) >= 11 is 9.34. The van der Waals surface area contributed by atoms with Crippen LogP contribution in [-0.2, 0) is 6.54 Å². The first-order valence-electron chi connectivity index (χ1n) is 5.65. The van der Waals surface area contributed by atoms with Crippen LogP contribution >= 0.6 is 27.5 Å². The van der Waals surface area contributed by atoms with Gasteiger partial charge in [-0.1, -0.05) is 11.6 Å². The van der Waals surface area contributed by atoms with Gasteiger partial charge in [0.25, 0.3) is 0 Å². The fourth-order valence-electron chi connectivity index (χ4n) is 1.62. The van der Waals surface area contributed by atoms with Crippen LogP contribution in [0.3, 0.4) is 0 Å². The van der Waals surface area contributed by atoms with Crippen molar-refractivity contribution in [2.45, 2.75) is 26.4 Å². The van der Waals surface area contributed by atoms with Gasteiger partial charge in [-0.15, -0.1) is 0 Å². The van der Waals surface area contributed by atoms with E-state index in [-0.39, 0.29) is 0 Å². The maximum absolute atomic E-state index is 5.95. The van der Waals surface area contributed by atoms with Crippen LogP contribution in [0.25, 0.3) is 0 Å². The molecule has 1 aromatic heterocycles. The largest absolute Gasteiger partial charge is 0.378 e. The molecule has 1 aromatic carbocycles. The Morgan fingerprint density at radius 3 is 2.89 bits per heavy atom. The molecule has 0 radical (unpaired) electrons. The van der Waals surface area contributed by atoms with Crippen molar-refractivity contribution in [2.24, 2.45) is 0 Å². The topological polar surface area (TPSA) is 42.7 Å². The number of anilines is 1. The first kappa shape index (κ1) is 13.4. The number of halogens is 2. The van der Waals surface area contributed by atoms with E-state index in [0.717, 1.165) is 16.0 Å². The summed E-state index contributed by atoms with van der Waals surface area (Å²) in [6.45, 7) is 4.79. The van der Waals surface area contributed by atoms with E-state index in [1.165, 1.54) is 0 Å². The molecule has 0 saturated heterocycles. The average molecular weight is 330 g/mol. The normalized spacial score (nSPS) is 10.9. The third-order valence-corrected chi connectivity index (χ3v) is 3.72. The van der Waals surface area contributed by atoms with Crippen LogP contribution in [0, 0.1) is 0 Å². The molecule has 4 nitrogen and oxygen atoms in total. The van der Waals surface area contributed by atoms with E-state index >= 15 is 0 Å². The standard InChI is InChI=1S/C12H14BrClN4/c1-8(2)18-12(16-7-17-18)6-15-9-3-4-11(14)10(13)5-9/h3-5,7-8,15H,6H2,1-2H3. The van der Waals surface area contributed by atoms with Crippen LogP contribution in [0.15, 0.2) is 29.0 Å². The average Bonchev–Trinajstić information content (AvgIpc) is 2.79. The zero-order chi connectivity index (χ0) is 13.1. The summed E-state index contributed by atoms with van der Waals surface area (Å²) in [5.74, 6) is 0.913. The van der Waals surface area contributed by atoms with Crippen molar-refractivity contribution in [1.82, 2.24) is 14.8 Å². The Morgan fingerprint density at radius 1 is 1.44 bits per heavy atom. The molecule has 0 spiro atoms. The second-order valence-electron chi connectivity index (χ2n) is 4.20. The van der Waals surface area contributed by atoms with Gasteiger partial charge >= 0.3 is 0 Å². The third kappa shape index (κ3) is 3.03. The minimum absolute atomic E-state index is 0.307. The van der Waals surface area contributed by atoms with E-state index in [1.807, 2.05) is 22.9 Å². The molecule has 1 heterocycles. The minimum Gasteiger partial charge on any atom is -0.378 e. The van der Waals surface area contributed by atoms with Gasteiger partial charge < -0.3 is 5.32 Å². The quantitative estimate of drug-likeness (QED) is 0.925. The number of hydrogen-bond donors (Lipinski definition) is 1. The number of aromatic nitrogens is 3. The molecule has 18 heavy (non-hydrogen) atoms. The van der Waals surface area contributed by atoms with Gasteiger partial charge in [-0.25, -0.2) is 9.67 Å². The van der Waals surface area contributed by atoms with Gasteiger partial charge in [-0.3, -0.25) is 0 Å². The fraction of sp³-hybridized carbons (Fsp3) is 0.333. The summed E-state index contributed by atoms with van der Waals surface area (Å²) in [7, 11) is 0. The second-order valence-corrected chi connectivity index (χ2v) is 5.46. The number of hydrogen-bond acceptors (Lipinski definition) is 3. The predicted molar refractivity (Wildman–Crippen MR) is 76.9 cm³/mol. The van der Waals surface area contributed by atoms with Gasteiger partial charge in [0.2, 0.25) is 0 Å². The maximum Gasteiger partial charge on any atom is 0.146 e. The summed E-state index contributed by atoms with van der Waals surface area (Å²) in [6, 6.07) is 6.03. The number of benzene rings is 1. The van der Waals surface area contributed by atoms with Crippen molar-refractivity contribution < 1.29 is 0 Å². The lowest BCUT2D eigenvalue weighted by molar-refractivity contribution is 0.509. The molecule has 0 atom stereocenters. The summed E-state index contributed by atoms with van der Waals surface area (Å²) in [6.07, 6.45) is 1.58. The van der Waals surface area contributed by atoms with E-state index in [4.69, 9.17) is 11.6 Å². The molecule has 2 aromatic rings. The van der Waals surface area contributed by atoms with Crippen molar-refractivity contribution in [3.05, 3.63) is 39.8 Å². The fourth-order valence-corrected chi connectivity index (χ4v) is 2.12. The molecule has 0 bridgehead atoms. The Labute approximate surface area is 119 Å². The van der Waals surface area contributed by atoms with Crippen LogP contribution in [-0.4, -0.2) is 14.8 Å². The molecule has 0 saturated carbocycles. The molecule has 0 unspecified atom stereocenters. The SMILES string of the molecule is CC(C)n1ncnc1CNc1ccc(Cl)c(Br)c1. The van der Waals surface area contributed by atoms with Gasteiger partial charge in [0.15, 0.2) is 0 Å². The lowest BCUT2D eigenvalue weighted by Gasteiger charge is -2.11. The van der Waals surface area contributed by atoms with E-state index in [9.17, 15) is 0 Å². The van der Waals surface area contributed by atoms with Crippen molar-refractivity contribution >= 4 is 33.2 Å². The third-order valence-electron chi connectivity index (χ3n) is 2.51. The highest BCUT2D eigenvalue weighted by Crippen LogP contribution is 2.25. The van der Waals surface area contributed by atoms with Crippen LogP contribution in [0.1, 0.15) is 25.7 Å². The van der Waals surface area contributed by atoms with Gasteiger partial charge in [-0.2, -0.15) is 5.10 Å². The Bertz CT molecular complexity index is 539. The van der Waals surface area contributed by atoms with Gasteiger partial charge in [0, 0.05) is 16.2 Å². The minimum atomic E-state index is 0.307. The summed E-state index contributed by atoms with van der Waals surface area (Å²) < 4.78 is 2.78. The zero-order valence-electron chi connectivity index (χ0n) is 10.2. The van der Waals surface area contributed by atoms with Gasteiger partial charge in [-0.05, 0) is 48.0 Å². The lowest BCUT2D eigenvalue weighted by atomic mass is 10.3. The Morgan fingerprint density at radius 2 is 2.22 bits per heavy atom. The van der Waals surface area contributed by atoms with Crippen molar-refractivity contribution in [1.29, 1.82) is 0 Å². The van der Waals surface area contributed by atoms with Gasteiger partial charge in [0.05, 0.1) is 11.6 Å². The highest BCUT2D eigenvalue weighted by Gasteiger charge is 2.07. The molecule has 0 aliphatic carbocycles. The molecule has 6 heteroatoms. The number of rotatable bonds is 4. The van der Waals surface area contributed by atoms with Crippen LogP contribution < -0.4 is 5.32 Å². The van der Waals surface area contributed by atoms with Crippen LogP contribution in [0.2, 0.25) is 5.02 Å².